The molecule has 0 fully saturated rings. The number of aryl methyl sites for hydroxylation is 1. The molecule has 2 rings (SSSR count). The standard InChI is InChI=1S/C11H15NS/c1-2-7-12-8-4-3-5-11-10(12)6-9-13-11/h2,6,9H,1,3-5,7-8H2. The van der Waals surface area contributed by atoms with Crippen molar-refractivity contribution in [3.8, 4) is 0 Å². The first-order valence-corrected chi connectivity index (χ1v) is 5.72. The summed E-state index contributed by atoms with van der Waals surface area (Å²) in [5.41, 5.74) is 1.45. The van der Waals surface area contributed by atoms with Gasteiger partial charge in [-0.2, -0.15) is 0 Å². The molecule has 0 radical (unpaired) electrons. The lowest BCUT2D eigenvalue weighted by molar-refractivity contribution is 0.738. The summed E-state index contributed by atoms with van der Waals surface area (Å²) in [5.74, 6) is 0. The van der Waals surface area contributed by atoms with Gasteiger partial charge in [0.2, 0.25) is 0 Å². The molecule has 1 nitrogen and oxygen atoms in total. The third-order valence-electron chi connectivity index (χ3n) is 2.49. The first-order chi connectivity index (χ1) is 6.42. The Morgan fingerprint density at radius 1 is 1.54 bits per heavy atom. The predicted octanol–water partition coefficient (Wildman–Crippen LogP) is 3.08. The molecular formula is C11H15NS. The van der Waals surface area contributed by atoms with Gasteiger partial charge in [0.1, 0.15) is 0 Å². The summed E-state index contributed by atoms with van der Waals surface area (Å²) in [6, 6.07) is 2.24. The number of thiophene rings is 1. The molecule has 70 valence electrons. The molecule has 2 heterocycles. The van der Waals surface area contributed by atoms with Crippen LogP contribution in [-0.2, 0) is 6.42 Å². The second-order valence-electron chi connectivity index (χ2n) is 3.42. The molecule has 0 N–H and O–H groups in total. The van der Waals surface area contributed by atoms with E-state index < -0.39 is 0 Å². The third kappa shape index (κ3) is 1.78. The average Bonchev–Trinajstić information content (AvgIpc) is 2.52. The fourth-order valence-corrected chi connectivity index (χ4v) is 2.80. The van der Waals surface area contributed by atoms with Crippen LogP contribution in [0.15, 0.2) is 24.1 Å². The van der Waals surface area contributed by atoms with Crippen LogP contribution in [0.3, 0.4) is 0 Å². The molecule has 0 aromatic carbocycles. The van der Waals surface area contributed by atoms with Crippen LogP contribution in [0.2, 0.25) is 0 Å². The highest BCUT2D eigenvalue weighted by Crippen LogP contribution is 2.30. The van der Waals surface area contributed by atoms with Gasteiger partial charge < -0.3 is 4.90 Å². The van der Waals surface area contributed by atoms with Gasteiger partial charge in [0.25, 0.3) is 0 Å². The van der Waals surface area contributed by atoms with E-state index in [1.807, 2.05) is 17.4 Å². The molecule has 1 aliphatic heterocycles. The van der Waals surface area contributed by atoms with Crippen LogP contribution >= 0.6 is 11.3 Å². The van der Waals surface area contributed by atoms with Crippen molar-refractivity contribution in [2.75, 3.05) is 18.0 Å². The fourth-order valence-electron chi connectivity index (χ4n) is 1.86. The Morgan fingerprint density at radius 3 is 3.31 bits per heavy atom. The maximum Gasteiger partial charge on any atom is 0.0510 e. The molecule has 0 atom stereocenters. The minimum absolute atomic E-state index is 0.990. The Morgan fingerprint density at radius 2 is 2.46 bits per heavy atom. The molecule has 0 amide bonds. The zero-order valence-electron chi connectivity index (χ0n) is 7.83. The third-order valence-corrected chi connectivity index (χ3v) is 3.46. The van der Waals surface area contributed by atoms with E-state index in [2.05, 4.69) is 22.9 Å². The molecule has 1 aromatic heterocycles. The van der Waals surface area contributed by atoms with Crippen LogP contribution < -0.4 is 4.90 Å². The number of nitrogens with zero attached hydrogens (tertiary/aromatic N) is 1. The van der Waals surface area contributed by atoms with E-state index in [-0.39, 0.29) is 0 Å². The van der Waals surface area contributed by atoms with Gasteiger partial charge in [0.15, 0.2) is 0 Å². The topological polar surface area (TPSA) is 3.24 Å². The quantitative estimate of drug-likeness (QED) is 0.652. The minimum atomic E-state index is 0.990. The maximum atomic E-state index is 3.80. The predicted molar refractivity (Wildman–Crippen MR) is 59.7 cm³/mol. The number of fused-ring (bicyclic) bond motifs is 1. The van der Waals surface area contributed by atoms with Gasteiger partial charge in [-0.05, 0) is 30.7 Å². The molecule has 1 aromatic rings. The second-order valence-corrected chi connectivity index (χ2v) is 4.42. The summed E-state index contributed by atoms with van der Waals surface area (Å²) < 4.78 is 0. The molecular weight excluding hydrogens is 178 g/mol. The van der Waals surface area contributed by atoms with E-state index in [0.717, 1.165) is 6.54 Å². The number of hydrogen-bond donors (Lipinski definition) is 0. The Balaban J connectivity index is 2.25. The summed E-state index contributed by atoms with van der Waals surface area (Å²) >= 11 is 1.89. The Hall–Kier alpha value is -0.760. The molecule has 1 aliphatic rings. The minimum Gasteiger partial charge on any atom is -0.367 e. The van der Waals surface area contributed by atoms with E-state index in [9.17, 15) is 0 Å². The van der Waals surface area contributed by atoms with Crippen LogP contribution in [0.4, 0.5) is 5.69 Å². The summed E-state index contributed by atoms with van der Waals surface area (Å²) in [7, 11) is 0. The molecule has 2 heteroatoms. The highest BCUT2D eigenvalue weighted by Gasteiger charge is 2.14. The van der Waals surface area contributed by atoms with E-state index in [1.165, 1.54) is 31.5 Å². The first-order valence-electron chi connectivity index (χ1n) is 4.84. The molecule has 13 heavy (non-hydrogen) atoms. The highest BCUT2D eigenvalue weighted by atomic mass is 32.1. The lowest BCUT2D eigenvalue weighted by atomic mass is 10.2. The van der Waals surface area contributed by atoms with Crippen molar-refractivity contribution in [2.24, 2.45) is 0 Å². The van der Waals surface area contributed by atoms with Gasteiger partial charge in [-0.3, -0.25) is 0 Å². The molecule has 0 aliphatic carbocycles. The van der Waals surface area contributed by atoms with E-state index >= 15 is 0 Å². The SMILES string of the molecule is C=CCN1CCCCc2sccc21. The van der Waals surface area contributed by atoms with Crippen LogP contribution in [0.5, 0.6) is 0 Å². The summed E-state index contributed by atoms with van der Waals surface area (Å²) in [6.45, 7) is 5.98. The van der Waals surface area contributed by atoms with Crippen LogP contribution in [0.25, 0.3) is 0 Å². The number of rotatable bonds is 2. The van der Waals surface area contributed by atoms with E-state index in [0.29, 0.717) is 0 Å². The maximum absolute atomic E-state index is 3.80. The Kier molecular flexibility index (Phi) is 2.69. The average molecular weight is 193 g/mol. The van der Waals surface area contributed by atoms with Crippen molar-refractivity contribution in [1.29, 1.82) is 0 Å². The fraction of sp³-hybridized carbons (Fsp3) is 0.455. The van der Waals surface area contributed by atoms with Crippen molar-refractivity contribution in [3.05, 3.63) is 29.0 Å². The van der Waals surface area contributed by atoms with Crippen molar-refractivity contribution < 1.29 is 0 Å². The Bertz CT molecular complexity index is 290. The smallest absolute Gasteiger partial charge is 0.0510 e. The largest absolute Gasteiger partial charge is 0.367 e. The van der Waals surface area contributed by atoms with Gasteiger partial charge in [0.05, 0.1) is 5.69 Å². The van der Waals surface area contributed by atoms with Crippen LogP contribution in [-0.4, -0.2) is 13.1 Å². The van der Waals surface area contributed by atoms with E-state index in [4.69, 9.17) is 0 Å². The van der Waals surface area contributed by atoms with Gasteiger partial charge in [0, 0.05) is 18.0 Å². The number of anilines is 1. The zero-order chi connectivity index (χ0) is 9.10. The van der Waals surface area contributed by atoms with Crippen molar-refractivity contribution in [1.82, 2.24) is 0 Å². The lowest BCUT2D eigenvalue weighted by Crippen LogP contribution is -2.23. The lowest BCUT2D eigenvalue weighted by Gasteiger charge is -2.20. The van der Waals surface area contributed by atoms with Crippen molar-refractivity contribution in [3.63, 3.8) is 0 Å². The summed E-state index contributed by atoms with van der Waals surface area (Å²) in [4.78, 5) is 3.99. The van der Waals surface area contributed by atoms with Gasteiger partial charge >= 0.3 is 0 Å². The zero-order valence-corrected chi connectivity index (χ0v) is 8.65. The molecule has 0 spiro atoms. The molecule has 0 bridgehead atoms. The van der Waals surface area contributed by atoms with Crippen LogP contribution in [0, 0.1) is 0 Å². The van der Waals surface area contributed by atoms with Crippen LogP contribution in [0.1, 0.15) is 17.7 Å². The molecule has 0 saturated heterocycles. The Labute approximate surface area is 83.7 Å². The van der Waals surface area contributed by atoms with Gasteiger partial charge in [-0.25, -0.2) is 0 Å². The van der Waals surface area contributed by atoms with E-state index in [1.54, 1.807) is 4.88 Å². The number of hydrogen-bond acceptors (Lipinski definition) is 2. The van der Waals surface area contributed by atoms with Crippen molar-refractivity contribution >= 4 is 17.0 Å². The second kappa shape index (κ2) is 3.97. The summed E-state index contributed by atoms with van der Waals surface area (Å²) in [5, 5.41) is 2.20. The highest BCUT2D eigenvalue weighted by molar-refractivity contribution is 7.10. The molecule has 0 saturated carbocycles. The summed E-state index contributed by atoms with van der Waals surface area (Å²) in [6.07, 6.45) is 5.91. The first kappa shape index (κ1) is 8.82. The van der Waals surface area contributed by atoms with Gasteiger partial charge in [-0.15, -0.1) is 17.9 Å². The van der Waals surface area contributed by atoms with Crippen molar-refractivity contribution in [2.45, 2.75) is 19.3 Å². The monoisotopic (exact) mass is 193 g/mol. The van der Waals surface area contributed by atoms with Gasteiger partial charge in [-0.1, -0.05) is 6.08 Å². The normalized spacial score (nSPS) is 16.5. The molecule has 0 unspecified atom stereocenters.